The van der Waals surface area contributed by atoms with Gasteiger partial charge in [-0.05, 0) is 68.1 Å². The molecule has 25 nitrogen and oxygen atoms in total. The van der Waals surface area contributed by atoms with Crippen molar-refractivity contribution in [3.63, 3.8) is 0 Å². The number of nitrogens with two attached hydrogens (primary N) is 4. The van der Waals surface area contributed by atoms with Crippen LogP contribution in [0, 0.1) is 11.8 Å². The monoisotopic (exact) mass is 1040 g/mol. The van der Waals surface area contributed by atoms with E-state index in [-0.39, 0.29) is 38.1 Å². The second-order valence-electron chi connectivity index (χ2n) is 18.6. The maximum absolute atomic E-state index is 14.1. The first-order valence-corrected chi connectivity index (χ1v) is 25.4. The van der Waals surface area contributed by atoms with Gasteiger partial charge in [0, 0.05) is 49.5 Å². The van der Waals surface area contributed by atoms with Crippen LogP contribution in [0.2, 0.25) is 0 Å². The average Bonchev–Trinajstić information content (AvgIpc) is 3.99. The fourth-order valence-corrected chi connectivity index (χ4v) is 8.20. The van der Waals surface area contributed by atoms with Crippen LogP contribution in [0.25, 0.3) is 0 Å². The van der Waals surface area contributed by atoms with Crippen LogP contribution in [0.5, 0.6) is 0 Å². The number of primary amides is 3. The largest absolute Gasteiger partial charge is 0.370 e. The van der Waals surface area contributed by atoms with Crippen molar-refractivity contribution < 1.29 is 47.9 Å². The molecule has 26 heteroatoms. The van der Waals surface area contributed by atoms with Crippen LogP contribution in [0.3, 0.4) is 0 Å². The number of para-hydroxylation sites is 1. The van der Waals surface area contributed by atoms with Crippen LogP contribution < -0.4 is 65.5 Å². The first-order valence-electron chi connectivity index (χ1n) is 24.0. The predicted molar refractivity (Wildman–Crippen MR) is 273 cm³/mol. The highest BCUT2D eigenvalue weighted by Crippen LogP contribution is 2.34. The molecule has 1 aliphatic heterocycles. The standard InChI is InChI=1S/C47H73N15O10S/c1-24(2)15-29(21-54-33(41(51)66)13-14-73-6)58-46(71)36(17-28-20-52-23-56-28)59-39(65)22-55-47(72)40(25(3)4)62-42(67)26(5)57-45(70)35(16-27-19-53-32-10-8-7-9-30(27)32)61-44(69)34(11-12-37(49)63)60-43(68)31(48)18-38(50)64/h7-10,19-20,23-27,29,31,33-36,40,54H,11-18,21-22,48H2,1-6H3,(H2,49,63)(H2,50,64)(H2,51,66)(H,52,56)(H,55,72)(H,57,70)(H,58,71)(H,59,65)(H,60,68)(H,61,69)(H,62,67). The number of nitrogens with one attached hydrogen (secondary N) is 9. The molecule has 73 heavy (non-hydrogen) atoms. The minimum atomic E-state index is -1.45. The maximum Gasteiger partial charge on any atom is 0.243 e. The molecule has 0 aliphatic carbocycles. The number of imidazole rings is 1. The molecule has 1 aliphatic rings. The van der Waals surface area contributed by atoms with Gasteiger partial charge >= 0.3 is 0 Å². The number of thioether (sulfide) groups is 1. The molecular formula is C47H73N15O10S. The van der Waals surface area contributed by atoms with Crippen molar-refractivity contribution in [2.24, 2.45) is 39.8 Å². The number of fused-ring (bicyclic) bond motifs is 1. The summed E-state index contributed by atoms with van der Waals surface area (Å²) in [5, 5.41) is 21.5. The SMILES string of the molecule is CSCCC(NCC(CC(C)C)NC(=O)C(Cc1cnc[nH]1)NC(=O)CNC(=O)C(NC(=O)C(C)NC(=O)C(CC1C=Nc2ccccc21)NC(=O)C(CCC(N)=O)NC(=O)C(N)CC(N)=O)C(C)C)C(N)=O. The van der Waals surface area contributed by atoms with Gasteiger partial charge in [-0.1, -0.05) is 45.9 Å². The Morgan fingerprint density at radius 2 is 1.41 bits per heavy atom. The minimum absolute atomic E-state index is 0.0187. The molecule has 10 amide bonds. The number of carbonyl (C=O) groups excluding carboxylic acids is 10. The van der Waals surface area contributed by atoms with Crippen LogP contribution in [-0.2, 0) is 54.4 Å². The molecular weight excluding hydrogens is 967 g/mol. The summed E-state index contributed by atoms with van der Waals surface area (Å²) < 4.78 is 0. The number of benzene rings is 1. The van der Waals surface area contributed by atoms with Crippen LogP contribution in [0.15, 0.2) is 41.8 Å². The second-order valence-corrected chi connectivity index (χ2v) is 19.6. The summed E-state index contributed by atoms with van der Waals surface area (Å²) in [5.74, 6) is -7.80. The molecule has 17 N–H and O–H groups in total. The fourth-order valence-electron chi connectivity index (χ4n) is 7.73. The molecule has 9 atom stereocenters. The number of rotatable bonds is 33. The predicted octanol–water partition coefficient (Wildman–Crippen LogP) is -2.75. The Hall–Kier alpha value is -6.93. The summed E-state index contributed by atoms with van der Waals surface area (Å²) in [5.41, 5.74) is 23.9. The van der Waals surface area contributed by atoms with Crippen molar-refractivity contribution in [1.29, 1.82) is 0 Å². The molecule has 402 valence electrons. The third-order valence-corrected chi connectivity index (χ3v) is 12.3. The van der Waals surface area contributed by atoms with Crippen molar-refractivity contribution in [3.05, 3.63) is 48.0 Å². The Morgan fingerprint density at radius 3 is 2.03 bits per heavy atom. The zero-order valence-corrected chi connectivity index (χ0v) is 43.0. The second kappa shape index (κ2) is 30.2. The summed E-state index contributed by atoms with van der Waals surface area (Å²) in [6.45, 7) is 8.26. The van der Waals surface area contributed by atoms with Gasteiger partial charge in [-0.2, -0.15) is 11.8 Å². The quantitative estimate of drug-likeness (QED) is 0.0345. The normalized spacial score (nSPS) is 16.0. The molecule has 2 heterocycles. The number of nitrogens with zero attached hydrogens (tertiary/aromatic N) is 2. The van der Waals surface area contributed by atoms with Crippen LogP contribution in [0.1, 0.15) is 90.3 Å². The highest BCUT2D eigenvalue weighted by Gasteiger charge is 2.35. The minimum Gasteiger partial charge on any atom is -0.370 e. The lowest BCUT2D eigenvalue weighted by Crippen LogP contribution is -2.59. The Bertz CT molecular complexity index is 2260. The molecule has 0 radical (unpaired) electrons. The first-order chi connectivity index (χ1) is 34.5. The first kappa shape index (κ1) is 60.4. The van der Waals surface area contributed by atoms with Crippen molar-refractivity contribution >= 4 is 82.7 Å². The number of hydrogen-bond donors (Lipinski definition) is 13. The molecule has 0 saturated carbocycles. The lowest BCUT2D eigenvalue weighted by atomic mass is 9.93. The lowest BCUT2D eigenvalue weighted by Gasteiger charge is -2.27. The van der Waals surface area contributed by atoms with E-state index in [1.807, 2.05) is 20.1 Å². The van der Waals surface area contributed by atoms with Gasteiger partial charge in [0.25, 0.3) is 0 Å². The molecule has 0 fully saturated rings. The van der Waals surface area contributed by atoms with Gasteiger partial charge in [-0.15, -0.1) is 0 Å². The maximum atomic E-state index is 14.1. The van der Waals surface area contributed by atoms with Gasteiger partial charge in [0.05, 0.1) is 37.1 Å². The van der Waals surface area contributed by atoms with Crippen LogP contribution >= 0.6 is 11.8 Å². The number of aliphatic imine (C=N–C) groups is 1. The highest BCUT2D eigenvalue weighted by atomic mass is 32.2. The molecule has 1 aromatic heterocycles. The van der Waals surface area contributed by atoms with Crippen molar-refractivity contribution in [2.45, 2.75) is 134 Å². The lowest BCUT2D eigenvalue weighted by molar-refractivity contribution is -0.135. The summed E-state index contributed by atoms with van der Waals surface area (Å²) in [7, 11) is 0. The number of H-pyrrole nitrogens is 1. The van der Waals surface area contributed by atoms with Gasteiger partial charge in [-0.3, -0.25) is 52.9 Å². The van der Waals surface area contributed by atoms with Gasteiger partial charge in [-0.25, -0.2) is 4.98 Å². The third kappa shape index (κ3) is 21.0. The van der Waals surface area contributed by atoms with Gasteiger partial charge in [0.1, 0.15) is 30.2 Å². The van der Waals surface area contributed by atoms with E-state index in [1.165, 1.54) is 19.4 Å². The van der Waals surface area contributed by atoms with Gasteiger partial charge in [0.2, 0.25) is 59.1 Å². The molecule has 1 aromatic carbocycles. The fraction of sp³-hybridized carbons (Fsp3) is 0.574. The number of aromatic amines is 1. The van der Waals surface area contributed by atoms with E-state index in [9.17, 15) is 47.9 Å². The van der Waals surface area contributed by atoms with Crippen LogP contribution in [0.4, 0.5) is 5.69 Å². The van der Waals surface area contributed by atoms with Crippen LogP contribution in [-0.4, -0.2) is 149 Å². The number of hydrogen-bond acceptors (Lipinski definition) is 15. The van der Waals surface area contributed by atoms with Crippen molar-refractivity contribution in [2.75, 3.05) is 25.1 Å². The summed E-state index contributed by atoms with van der Waals surface area (Å²) in [6, 6.07) is -1.81. The Kier molecular flexibility index (Phi) is 25.0. The van der Waals surface area contributed by atoms with E-state index in [4.69, 9.17) is 22.9 Å². The Morgan fingerprint density at radius 1 is 0.740 bits per heavy atom. The summed E-state index contributed by atoms with van der Waals surface area (Å²) in [6.07, 6.45) is 6.25. The number of carbonyl (C=O) groups is 10. The van der Waals surface area contributed by atoms with E-state index in [0.29, 0.717) is 30.0 Å². The van der Waals surface area contributed by atoms with Gasteiger partial charge in [0.15, 0.2) is 0 Å². The topological polar surface area (TPSA) is 412 Å². The third-order valence-electron chi connectivity index (χ3n) is 11.6. The average molecular weight is 1040 g/mol. The van der Waals surface area contributed by atoms with Crippen molar-refractivity contribution in [1.82, 2.24) is 52.5 Å². The van der Waals surface area contributed by atoms with E-state index < -0.39 is 132 Å². The zero-order chi connectivity index (χ0) is 54.4. The molecule has 0 spiro atoms. The van der Waals surface area contributed by atoms with E-state index >= 15 is 0 Å². The molecule has 0 bridgehead atoms. The molecule has 9 unspecified atom stereocenters. The summed E-state index contributed by atoms with van der Waals surface area (Å²) >= 11 is 1.57. The summed E-state index contributed by atoms with van der Waals surface area (Å²) in [4.78, 5) is 142. The Balaban J connectivity index is 1.73. The Labute approximate surface area is 428 Å². The highest BCUT2D eigenvalue weighted by molar-refractivity contribution is 7.98. The smallest absolute Gasteiger partial charge is 0.243 e. The number of amides is 10. The molecule has 0 saturated heterocycles. The van der Waals surface area contributed by atoms with E-state index in [2.05, 4.69) is 57.5 Å². The van der Waals surface area contributed by atoms with E-state index in [0.717, 1.165) is 5.56 Å². The zero-order valence-electron chi connectivity index (χ0n) is 42.2. The number of aromatic nitrogens is 2. The molecule has 3 rings (SSSR count). The van der Waals surface area contributed by atoms with Crippen molar-refractivity contribution in [3.8, 4) is 0 Å². The van der Waals surface area contributed by atoms with Gasteiger partial charge < -0.3 is 70.5 Å². The molecule has 2 aromatic rings. The van der Waals surface area contributed by atoms with E-state index in [1.54, 1.807) is 56.1 Å².